The van der Waals surface area contributed by atoms with Crippen molar-refractivity contribution in [1.29, 1.82) is 0 Å². The highest BCUT2D eigenvalue weighted by atomic mass is 32.1. The number of carbonyl (C=O) groups excluding carboxylic acids is 2. The summed E-state index contributed by atoms with van der Waals surface area (Å²) in [5.74, 6) is 0.484. The molecule has 1 saturated carbocycles. The fraction of sp³-hybridized carbons (Fsp3) is 0.455. The minimum atomic E-state index is -0.182. The Morgan fingerprint density at radius 3 is 2.61 bits per heavy atom. The summed E-state index contributed by atoms with van der Waals surface area (Å²) in [6, 6.07) is 8.61. The van der Waals surface area contributed by atoms with E-state index in [0.29, 0.717) is 18.5 Å². The molecule has 1 aliphatic heterocycles. The average molecular weight is 399 g/mol. The van der Waals surface area contributed by atoms with Crippen molar-refractivity contribution in [1.82, 2.24) is 5.32 Å². The van der Waals surface area contributed by atoms with Crippen LogP contribution in [0, 0.1) is 19.8 Å². The molecule has 2 amide bonds. The zero-order valence-corrected chi connectivity index (χ0v) is 17.3. The zero-order chi connectivity index (χ0) is 19.7. The van der Waals surface area contributed by atoms with Gasteiger partial charge in [-0.3, -0.25) is 9.59 Å². The summed E-state index contributed by atoms with van der Waals surface area (Å²) in [6.45, 7) is 5.39. The zero-order valence-electron chi connectivity index (χ0n) is 16.5. The van der Waals surface area contributed by atoms with Crippen LogP contribution in [0.4, 0.5) is 5.69 Å². The maximum atomic E-state index is 12.5. The Kier molecular flexibility index (Phi) is 5.51. The second-order valence-electron chi connectivity index (χ2n) is 8.04. The molecule has 1 unspecified atom stereocenters. The highest BCUT2D eigenvalue weighted by Crippen LogP contribution is 2.42. The van der Waals surface area contributed by atoms with Crippen LogP contribution in [0.5, 0.6) is 0 Å². The molecule has 0 spiro atoms. The lowest BCUT2D eigenvalue weighted by atomic mass is 9.96. The maximum absolute atomic E-state index is 12.5. The number of fused-ring (bicyclic) bond motifs is 1. The first-order chi connectivity index (χ1) is 13.5. The van der Waals surface area contributed by atoms with Crippen molar-refractivity contribution >= 4 is 28.8 Å². The molecule has 148 valence electrons. The van der Waals surface area contributed by atoms with E-state index in [-0.39, 0.29) is 18.4 Å². The highest BCUT2D eigenvalue weighted by molar-refractivity contribution is 7.10. The standard InChI is InChI=1S/C22H27N3O2S/c1-14-4-3-5-15(2)21(14)24-19(26)12-23-20(27)13-25-10-8-18-17(9-11-28-18)22(25)16-6-7-16/h3-5,9,11,16,22H,6-8,10,12-13H2,1-2H3,(H,23,27)(H,24,26)/p+1/t22-/m0/s1. The van der Waals surface area contributed by atoms with E-state index in [1.54, 1.807) is 0 Å². The summed E-state index contributed by atoms with van der Waals surface area (Å²) < 4.78 is 0. The van der Waals surface area contributed by atoms with Gasteiger partial charge >= 0.3 is 0 Å². The molecular formula is C22H28N3O2S+. The quantitative estimate of drug-likeness (QED) is 0.697. The average Bonchev–Trinajstić information content (AvgIpc) is 3.39. The molecule has 0 radical (unpaired) electrons. The van der Waals surface area contributed by atoms with Gasteiger partial charge in [0.25, 0.3) is 5.91 Å². The number of amides is 2. The first-order valence-electron chi connectivity index (χ1n) is 10.1. The summed E-state index contributed by atoms with van der Waals surface area (Å²) in [6.07, 6.45) is 3.58. The second-order valence-corrected chi connectivity index (χ2v) is 9.04. The van der Waals surface area contributed by atoms with Gasteiger partial charge in [0.05, 0.1) is 13.1 Å². The normalized spacial score (nSPS) is 21.1. The fourth-order valence-electron chi connectivity index (χ4n) is 4.34. The summed E-state index contributed by atoms with van der Waals surface area (Å²) in [4.78, 5) is 27.7. The third-order valence-electron chi connectivity index (χ3n) is 5.90. The Morgan fingerprint density at radius 1 is 1.14 bits per heavy atom. The second kappa shape index (κ2) is 8.05. The van der Waals surface area contributed by atoms with Gasteiger partial charge in [0, 0.05) is 28.5 Å². The minimum absolute atomic E-state index is 0.0116. The summed E-state index contributed by atoms with van der Waals surface area (Å²) in [5.41, 5.74) is 4.34. The Morgan fingerprint density at radius 2 is 1.89 bits per heavy atom. The van der Waals surface area contributed by atoms with Crippen molar-refractivity contribution in [2.45, 2.75) is 39.2 Å². The van der Waals surface area contributed by atoms with Crippen molar-refractivity contribution in [2.24, 2.45) is 5.92 Å². The molecule has 2 aromatic rings. The van der Waals surface area contributed by atoms with Gasteiger partial charge in [-0.15, -0.1) is 11.3 Å². The number of thiophene rings is 1. The number of rotatable bonds is 6. The van der Waals surface area contributed by atoms with Crippen molar-refractivity contribution in [3.63, 3.8) is 0 Å². The molecule has 4 rings (SSSR count). The smallest absolute Gasteiger partial charge is 0.275 e. The first kappa shape index (κ1) is 19.2. The molecule has 1 aromatic heterocycles. The van der Waals surface area contributed by atoms with Gasteiger partial charge in [-0.25, -0.2) is 0 Å². The molecule has 3 N–H and O–H groups in total. The van der Waals surface area contributed by atoms with Crippen LogP contribution in [0.1, 0.15) is 40.5 Å². The number of anilines is 1. The number of hydrogen-bond acceptors (Lipinski definition) is 3. The Labute approximate surface area is 170 Å². The van der Waals surface area contributed by atoms with Gasteiger partial charge < -0.3 is 15.5 Å². The monoisotopic (exact) mass is 398 g/mol. The number of quaternary nitrogens is 1. The van der Waals surface area contributed by atoms with E-state index in [2.05, 4.69) is 22.1 Å². The lowest BCUT2D eigenvalue weighted by Gasteiger charge is -2.32. The minimum Gasteiger partial charge on any atom is -0.342 e. The van der Waals surface area contributed by atoms with Gasteiger partial charge in [0.1, 0.15) is 6.04 Å². The van der Waals surface area contributed by atoms with Gasteiger partial charge in [-0.2, -0.15) is 0 Å². The number of benzene rings is 1. The van der Waals surface area contributed by atoms with Crippen molar-refractivity contribution in [3.8, 4) is 0 Å². The van der Waals surface area contributed by atoms with Crippen LogP contribution in [0.3, 0.4) is 0 Å². The third-order valence-corrected chi connectivity index (χ3v) is 6.90. The van der Waals surface area contributed by atoms with Crippen LogP contribution in [0.15, 0.2) is 29.6 Å². The predicted octanol–water partition coefficient (Wildman–Crippen LogP) is 2.01. The molecule has 0 bridgehead atoms. The molecular weight excluding hydrogens is 370 g/mol. The van der Waals surface area contributed by atoms with Crippen LogP contribution >= 0.6 is 11.3 Å². The van der Waals surface area contributed by atoms with E-state index in [1.165, 1.54) is 28.2 Å². The van der Waals surface area contributed by atoms with Crippen molar-refractivity contribution < 1.29 is 14.5 Å². The fourth-order valence-corrected chi connectivity index (χ4v) is 5.27. The summed E-state index contributed by atoms with van der Waals surface area (Å²) in [5, 5.41) is 7.92. The van der Waals surface area contributed by atoms with Crippen LogP contribution in [-0.4, -0.2) is 31.4 Å². The number of aryl methyl sites for hydroxylation is 2. The number of carbonyl (C=O) groups is 2. The Hall–Kier alpha value is -2.18. The van der Waals surface area contributed by atoms with E-state index in [9.17, 15) is 9.59 Å². The molecule has 2 aliphatic rings. The maximum Gasteiger partial charge on any atom is 0.275 e. The Balaban J connectivity index is 1.31. The molecule has 5 nitrogen and oxygen atoms in total. The van der Waals surface area contributed by atoms with E-state index < -0.39 is 0 Å². The molecule has 6 heteroatoms. The molecule has 1 fully saturated rings. The molecule has 28 heavy (non-hydrogen) atoms. The van der Waals surface area contributed by atoms with Gasteiger partial charge in [-0.1, -0.05) is 18.2 Å². The molecule has 1 aliphatic carbocycles. The third kappa shape index (κ3) is 4.13. The molecule has 2 atom stereocenters. The number of para-hydroxylation sites is 1. The molecule has 0 saturated heterocycles. The van der Waals surface area contributed by atoms with Crippen LogP contribution in [0.2, 0.25) is 0 Å². The summed E-state index contributed by atoms with van der Waals surface area (Å²) in [7, 11) is 0. The predicted molar refractivity (Wildman–Crippen MR) is 112 cm³/mol. The van der Waals surface area contributed by atoms with Crippen LogP contribution in [0.25, 0.3) is 0 Å². The molecule has 2 heterocycles. The highest BCUT2D eigenvalue weighted by Gasteiger charge is 2.43. The van der Waals surface area contributed by atoms with Crippen LogP contribution in [-0.2, 0) is 16.0 Å². The SMILES string of the molecule is Cc1cccc(C)c1NC(=O)CNC(=O)C[NH+]1CCc2sccc2[C@@H]1C1CC1. The van der Waals surface area contributed by atoms with Gasteiger partial charge in [0.15, 0.2) is 6.54 Å². The van der Waals surface area contributed by atoms with Gasteiger partial charge in [-0.05, 0) is 49.3 Å². The van der Waals surface area contributed by atoms with E-state index in [4.69, 9.17) is 0 Å². The number of nitrogens with one attached hydrogen (secondary N) is 3. The lowest BCUT2D eigenvalue weighted by Crippen LogP contribution is -3.14. The Bertz CT molecular complexity index is 867. The molecule has 1 aromatic carbocycles. The van der Waals surface area contributed by atoms with Crippen molar-refractivity contribution in [3.05, 3.63) is 51.2 Å². The summed E-state index contributed by atoms with van der Waals surface area (Å²) >= 11 is 1.85. The number of hydrogen-bond donors (Lipinski definition) is 3. The lowest BCUT2D eigenvalue weighted by molar-refractivity contribution is -0.928. The van der Waals surface area contributed by atoms with E-state index in [0.717, 1.165) is 29.8 Å². The van der Waals surface area contributed by atoms with Crippen molar-refractivity contribution in [2.75, 3.05) is 25.0 Å². The van der Waals surface area contributed by atoms with E-state index in [1.807, 2.05) is 43.4 Å². The largest absolute Gasteiger partial charge is 0.342 e. The van der Waals surface area contributed by atoms with Crippen LogP contribution < -0.4 is 15.5 Å². The first-order valence-corrected chi connectivity index (χ1v) is 10.9. The van der Waals surface area contributed by atoms with Gasteiger partial charge in [0.2, 0.25) is 5.91 Å². The van der Waals surface area contributed by atoms with E-state index >= 15 is 0 Å². The topological polar surface area (TPSA) is 62.6 Å².